The normalized spacial score (nSPS) is 48.6. The molecule has 0 spiro atoms. The van der Waals surface area contributed by atoms with E-state index in [1.54, 1.807) is 10.5 Å². The first-order chi connectivity index (χ1) is 18.2. The molecule has 5 rings (SSSR count). The van der Waals surface area contributed by atoms with Gasteiger partial charge in [-0.3, -0.25) is 4.79 Å². The van der Waals surface area contributed by atoms with Gasteiger partial charge in [-0.1, -0.05) is 60.1 Å². The van der Waals surface area contributed by atoms with Crippen LogP contribution >= 0.6 is 0 Å². The highest BCUT2D eigenvalue weighted by molar-refractivity contribution is 5.84. The zero-order chi connectivity index (χ0) is 28.6. The van der Waals surface area contributed by atoms with E-state index >= 15 is 0 Å². The van der Waals surface area contributed by atoms with Crippen LogP contribution in [0.1, 0.15) is 106 Å². The molecule has 0 saturated heterocycles. The Morgan fingerprint density at radius 3 is 2.21 bits per heavy atom. The SMILES string of the molecule is C[C@H]1[C@H](C)CC[C@]2(C(=O)N(CCO)CCO)CC[C@]3(C)C(=CC[C@@H]4[C@@]5(C)CC[C@H](O)C(C)(C)[C@@H]5CC[C@]43C)[C@H]12. The van der Waals surface area contributed by atoms with Crippen LogP contribution in [-0.4, -0.2) is 58.5 Å². The van der Waals surface area contributed by atoms with Crippen LogP contribution in [0.15, 0.2) is 11.6 Å². The summed E-state index contributed by atoms with van der Waals surface area (Å²) >= 11 is 0. The number of carbonyl (C=O) groups is 1. The van der Waals surface area contributed by atoms with E-state index in [0.29, 0.717) is 36.8 Å². The summed E-state index contributed by atoms with van der Waals surface area (Å²) in [5.41, 5.74) is 1.53. The smallest absolute Gasteiger partial charge is 0.229 e. The van der Waals surface area contributed by atoms with Gasteiger partial charge in [0.2, 0.25) is 5.91 Å². The molecule has 3 N–H and O–H groups in total. The summed E-state index contributed by atoms with van der Waals surface area (Å²) < 4.78 is 0. The summed E-state index contributed by atoms with van der Waals surface area (Å²) in [5, 5.41) is 30.5. The van der Waals surface area contributed by atoms with Gasteiger partial charge in [-0.05, 0) is 109 Å². The van der Waals surface area contributed by atoms with Crippen molar-refractivity contribution in [1.82, 2.24) is 4.90 Å². The molecule has 0 unspecified atom stereocenters. The van der Waals surface area contributed by atoms with Gasteiger partial charge in [-0.2, -0.15) is 0 Å². The van der Waals surface area contributed by atoms with Crippen LogP contribution in [0.4, 0.5) is 0 Å². The number of fused-ring (bicyclic) bond motifs is 7. The molecule has 0 aliphatic heterocycles. The molecule has 1 amide bonds. The minimum absolute atomic E-state index is 0.0520. The standard InChI is InChI=1S/C34H57NO4/c1-22-10-15-34(29(39)35(18-20-36)19-21-37)17-16-32(6)24(28(34)23(22)2)8-9-26-31(5)13-12-27(38)30(3,4)25(31)11-14-33(26,32)7/h8,22-23,25-28,36-38H,9-21H2,1-7H3/t22-,23+,25+,26-,27+,28+,31+,32-,33-,34+/m1/s1. The van der Waals surface area contributed by atoms with Crippen molar-refractivity contribution in [1.29, 1.82) is 0 Å². The highest BCUT2D eigenvalue weighted by Gasteiger charge is 2.69. The molecule has 0 aromatic heterocycles. The number of rotatable bonds is 5. The highest BCUT2D eigenvalue weighted by atomic mass is 16.3. The Kier molecular flexibility index (Phi) is 7.46. The maximum Gasteiger partial charge on any atom is 0.229 e. The molecule has 0 radical (unpaired) electrons. The highest BCUT2D eigenvalue weighted by Crippen LogP contribution is 2.75. The lowest BCUT2D eigenvalue weighted by atomic mass is 9.33. The molecular formula is C34H57NO4. The van der Waals surface area contributed by atoms with Crippen molar-refractivity contribution in [3.63, 3.8) is 0 Å². The van der Waals surface area contributed by atoms with Gasteiger partial charge in [0.25, 0.3) is 0 Å². The Morgan fingerprint density at radius 2 is 1.56 bits per heavy atom. The van der Waals surface area contributed by atoms with E-state index in [1.807, 2.05) is 0 Å². The van der Waals surface area contributed by atoms with Gasteiger partial charge in [-0.25, -0.2) is 0 Å². The minimum atomic E-state index is -0.428. The lowest BCUT2D eigenvalue weighted by Crippen LogP contribution is -2.66. The van der Waals surface area contributed by atoms with Gasteiger partial charge < -0.3 is 20.2 Å². The van der Waals surface area contributed by atoms with Crippen LogP contribution in [0.3, 0.4) is 0 Å². The van der Waals surface area contributed by atoms with Crippen molar-refractivity contribution in [2.75, 3.05) is 26.3 Å². The monoisotopic (exact) mass is 543 g/mol. The number of aliphatic hydroxyl groups is 3. The molecule has 0 heterocycles. The largest absolute Gasteiger partial charge is 0.395 e. The van der Waals surface area contributed by atoms with Gasteiger partial charge in [0.15, 0.2) is 0 Å². The fourth-order valence-corrected chi connectivity index (χ4v) is 11.7. The fourth-order valence-electron chi connectivity index (χ4n) is 11.7. The van der Waals surface area contributed by atoms with E-state index in [4.69, 9.17) is 0 Å². The quantitative estimate of drug-likeness (QED) is 0.382. The number of nitrogens with zero attached hydrogens (tertiary/aromatic N) is 1. The first-order valence-corrected chi connectivity index (χ1v) is 16.1. The van der Waals surface area contributed by atoms with Crippen molar-refractivity contribution < 1.29 is 20.1 Å². The van der Waals surface area contributed by atoms with Crippen molar-refractivity contribution >= 4 is 5.91 Å². The van der Waals surface area contributed by atoms with Crippen LogP contribution in [0.25, 0.3) is 0 Å². The molecule has 5 aliphatic rings. The van der Waals surface area contributed by atoms with Gasteiger partial charge in [0.05, 0.1) is 24.7 Å². The third-order valence-corrected chi connectivity index (χ3v) is 14.4. The topological polar surface area (TPSA) is 81.0 Å². The summed E-state index contributed by atoms with van der Waals surface area (Å²) in [6.45, 7) is 17.6. The first kappa shape index (κ1) is 29.6. The lowest BCUT2D eigenvalue weighted by molar-refractivity contribution is -0.205. The molecule has 39 heavy (non-hydrogen) atoms. The predicted octanol–water partition coefficient (Wildman–Crippen LogP) is 5.82. The maximum atomic E-state index is 14.4. The molecular weight excluding hydrogens is 486 g/mol. The zero-order valence-corrected chi connectivity index (χ0v) is 25.9. The molecule has 4 saturated carbocycles. The molecule has 0 aromatic rings. The van der Waals surface area contributed by atoms with Crippen molar-refractivity contribution in [3.05, 3.63) is 11.6 Å². The number of allylic oxidation sites excluding steroid dienone is 2. The van der Waals surface area contributed by atoms with Gasteiger partial charge in [0, 0.05) is 13.1 Å². The van der Waals surface area contributed by atoms with Crippen LogP contribution in [0.2, 0.25) is 0 Å². The third kappa shape index (κ3) is 3.91. The Hall–Kier alpha value is -0.910. The number of hydrogen-bond donors (Lipinski definition) is 3. The molecule has 5 aliphatic carbocycles. The van der Waals surface area contributed by atoms with Crippen molar-refractivity contribution in [3.8, 4) is 0 Å². The Balaban J connectivity index is 1.59. The number of amides is 1. The van der Waals surface area contributed by atoms with Gasteiger partial charge in [0.1, 0.15) is 0 Å². The Labute approximate surface area is 237 Å². The van der Waals surface area contributed by atoms with Gasteiger partial charge >= 0.3 is 0 Å². The van der Waals surface area contributed by atoms with E-state index < -0.39 is 5.41 Å². The summed E-state index contributed by atoms with van der Waals surface area (Å²) in [6, 6.07) is 0. The molecule has 0 bridgehead atoms. The Bertz CT molecular complexity index is 986. The van der Waals surface area contributed by atoms with Crippen molar-refractivity contribution in [2.45, 2.75) is 112 Å². The summed E-state index contributed by atoms with van der Waals surface area (Å²) in [5.74, 6) is 2.51. The van der Waals surface area contributed by atoms with E-state index in [2.05, 4.69) is 54.5 Å². The molecule has 0 aromatic carbocycles. The average Bonchev–Trinajstić information content (AvgIpc) is 2.88. The number of aliphatic hydroxyl groups excluding tert-OH is 3. The van der Waals surface area contributed by atoms with Crippen LogP contribution < -0.4 is 0 Å². The molecule has 5 nitrogen and oxygen atoms in total. The summed E-state index contributed by atoms with van der Waals surface area (Å²) in [7, 11) is 0. The number of hydrogen-bond acceptors (Lipinski definition) is 4. The first-order valence-electron chi connectivity index (χ1n) is 16.1. The Morgan fingerprint density at radius 1 is 0.897 bits per heavy atom. The second-order valence-electron chi connectivity index (χ2n) is 15.9. The zero-order valence-electron chi connectivity index (χ0n) is 25.9. The van der Waals surface area contributed by atoms with Crippen LogP contribution in [-0.2, 0) is 4.79 Å². The molecule has 10 atom stereocenters. The van der Waals surface area contributed by atoms with E-state index in [0.717, 1.165) is 44.9 Å². The van der Waals surface area contributed by atoms with Gasteiger partial charge in [-0.15, -0.1) is 0 Å². The maximum absolute atomic E-state index is 14.4. The van der Waals surface area contributed by atoms with E-state index in [9.17, 15) is 20.1 Å². The second kappa shape index (κ2) is 9.83. The lowest BCUT2D eigenvalue weighted by Gasteiger charge is -2.71. The van der Waals surface area contributed by atoms with Crippen LogP contribution in [0.5, 0.6) is 0 Å². The second-order valence-corrected chi connectivity index (χ2v) is 15.9. The fraction of sp³-hybridized carbons (Fsp3) is 0.912. The molecule has 4 fully saturated rings. The average molecular weight is 544 g/mol. The van der Waals surface area contributed by atoms with E-state index in [-0.39, 0.29) is 52.8 Å². The minimum Gasteiger partial charge on any atom is -0.395 e. The summed E-state index contributed by atoms with van der Waals surface area (Å²) in [6.07, 6.45) is 11.8. The predicted molar refractivity (Wildman–Crippen MR) is 156 cm³/mol. The molecule has 5 heteroatoms. The van der Waals surface area contributed by atoms with E-state index in [1.165, 1.54) is 12.8 Å². The van der Waals surface area contributed by atoms with Crippen molar-refractivity contribution in [2.24, 2.45) is 56.7 Å². The third-order valence-electron chi connectivity index (χ3n) is 14.4. The van der Waals surface area contributed by atoms with Crippen LogP contribution in [0, 0.1) is 56.7 Å². The number of carbonyl (C=O) groups excluding carboxylic acids is 1. The summed E-state index contributed by atoms with van der Waals surface area (Å²) in [4.78, 5) is 16.2. The molecule has 222 valence electrons.